The maximum absolute atomic E-state index is 14.0. The number of hydrogen-bond donors (Lipinski definition) is 1. The fourth-order valence-electron chi connectivity index (χ4n) is 3.55. The summed E-state index contributed by atoms with van der Waals surface area (Å²) in [7, 11) is 0. The number of aromatic nitrogens is 2. The highest BCUT2D eigenvalue weighted by Gasteiger charge is 2.24. The summed E-state index contributed by atoms with van der Waals surface area (Å²) >= 11 is 0. The Labute approximate surface area is 139 Å². The Morgan fingerprint density at radius 2 is 2.21 bits per heavy atom. The Morgan fingerprint density at radius 1 is 1.29 bits per heavy atom. The van der Waals surface area contributed by atoms with Gasteiger partial charge in [0.1, 0.15) is 17.5 Å². The molecule has 0 amide bonds. The molecule has 6 heteroatoms. The lowest BCUT2D eigenvalue weighted by Crippen LogP contribution is -2.38. The van der Waals surface area contributed by atoms with Gasteiger partial charge in [-0.15, -0.1) is 0 Å². The first kappa shape index (κ1) is 15.7. The van der Waals surface area contributed by atoms with Gasteiger partial charge in [-0.05, 0) is 31.4 Å². The van der Waals surface area contributed by atoms with E-state index in [1.165, 1.54) is 18.6 Å². The van der Waals surface area contributed by atoms with Gasteiger partial charge in [-0.1, -0.05) is 0 Å². The molecule has 2 aliphatic rings. The fourth-order valence-corrected chi connectivity index (χ4v) is 3.55. The van der Waals surface area contributed by atoms with Gasteiger partial charge >= 0.3 is 0 Å². The van der Waals surface area contributed by atoms with Crippen LogP contribution in [0.15, 0.2) is 18.2 Å². The average Bonchev–Trinajstić information content (AvgIpc) is 2.98. The SMILES string of the molecule is Fc1ccc(-c2nc3c([nH]2)CN(C[C@H]2CCCCO2)CC3)c(F)c1. The number of imidazole rings is 1. The van der Waals surface area contributed by atoms with E-state index < -0.39 is 11.6 Å². The van der Waals surface area contributed by atoms with Crippen molar-refractivity contribution in [2.45, 2.75) is 38.3 Å². The minimum Gasteiger partial charge on any atom is -0.377 e. The number of rotatable bonds is 3. The van der Waals surface area contributed by atoms with Gasteiger partial charge in [-0.25, -0.2) is 13.8 Å². The van der Waals surface area contributed by atoms with E-state index in [-0.39, 0.29) is 0 Å². The van der Waals surface area contributed by atoms with Crippen LogP contribution in [0.5, 0.6) is 0 Å². The molecule has 2 aromatic rings. The molecule has 1 saturated heterocycles. The molecule has 0 radical (unpaired) electrons. The van der Waals surface area contributed by atoms with Crippen molar-refractivity contribution in [2.75, 3.05) is 19.7 Å². The monoisotopic (exact) mass is 333 g/mol. The smallest absolute Gasteiger partial charge is 0.140 e. The van der Waals surface area contributed by atoms with Gasteiger partial charge in [0.25, 0.3) is 0 Å². The van der Waals surface area contributed by atoms with Crippen molar-refractivity contribution in [3.05, 3.63) is 41.2 Å². The molecule has 1 aromatic carbocycles. The van der Waals surface area contributed by atoms with E-state index in [0.29, 0.717) is 17.5 Å². The first-order valence-corrected chi connectivity index (χ1v) is 8.56. The van der Waals surface area contributed by atoms with E-state index in [1.54, 1.807) is 0 Å². The lowest BCUT2D eigenvalue weighted by atomic mass is 10.1. The maximum atomic E-state index is 14.0. The zero-order valence-electron chi connectivity index (χ0n) is 13.5. The van der Waals surface area contributed by atoms with Crippen LogP contribution in [0.1, 0.15) is 30.7 Å². The Kier molecular flexibility index (Phi) is 4.33. The lowest BCUT2D eigenvalue weighted by Gasteiger charge is -2.31. The number of benzene rings is 1. The third-order valence-electron chi connectivity index (χ3n) is 4.83. The number of hydrogen-bond acceptors (Lipinski definition) is 3. The molecule has 3 heterocycles. The highest BCUT2D eigenvalue weighted by atomic mass is 19.1. The predicted octanol–water partition coefficient (Wildman–Crippen LogP) is 3.28. The molecule has 128 valence electrons. The standard InChI is InChI=1S/C18H21F2N3O/c19-12-4-5-14(15(20)9-12)18-21-16-6-7-23(11-17(16)22-18)10-13-3-1-2-8-24-13/h4-5,9,13H,1-3,6-8,10-11H2,(H,21,22)/t13-/m1/s1. The summed E-state index contributed by atoms with van der Waals surface area (Å²) in [5, 5.41) is 0. The molecule has 4 nitrogen and oxygen atoms in total. The van der Waals surface area contributed by atoms with Gasteiger partial charge < -0.3 is 9.72 Å². The zero-order valence-corrected chi connectivity index (χ0v) is 13.5. The first-order valence-electron chi connectivity index (χ1n) is 8.56. The minimum atomic E-state index is -0.589. The predicted molar refractivity (Wildman–Crippen MR) is 86.5 cm³/mol. The van der Waals surface area contributed by atoms with Crippen LogP contribution < -0.4 is 0 Å². The molecule has 0 spiro atoms. The summed E-state index contributed by atoms with van der Waals surface area (Å²) in [6.07, 6.45) is 4.67. The Morgan fingerprint density at radius 3 is 3.00 bits per heavy atom. The topological polar surface area (TPSA) is 41.2 Å². The van der Waals surface area contributed by atoms with Gasteiger partial charge in [-0.3, -0.25) is 4.90 Å². The Hall–Kier alpha value is -1.79. The van der Waals surface area contributed by atoms with Crippen molar-refractivity contribution < 1.29 is 13.5 Å². The van der Waals surface area contributed by atoms with Crippen molar-refractivity contribution in [2.24, 2.45) is 0 Å². The van der Waals surface area contributed by atoms with Crippen molar-refractivity contribution in [3.8, 4) is 11.4 Å². The molecule has 24 heavy (non-hydrogen) atoms. The minimum absolute atomic E-state index is 0.313. The molecule has 4 rings (SSSR count). The molecule has 0 aliphatic carbocycles. The second kappa shape index (κ2) is 6.61. The van der Waals surface area contributed by atoms with Crippen LogP contribution in [0.25, 0.3) is 11.4 Å². The van der Waals surface area contributed by atoms with E-state index in [2.05, 4.69) is 14.9 Å². The van der Waals surface area contributed by atoms with E-state index in [9.17, 15) is 8.78 Å². The highest BCUT2D eigenvalue weighted by molar-refractivity contribution is 5.57. The molecule has 1 fully saturated rings. The second-order valence-electron chi connectivity index (χ2n) is 6.61. The quantitative estimate of drug-likeness (QED) is 0.937. The van der Waals surface area contributed by atoms with E-state index in [4.69, 9.17) is 4.74 Å². The van der Waals surface area contributed by atoms with Crippen molar-refractivity contribution in [1.29, 1.82) is 0 Å². The molecule has 1 atom stereocenters. The van der Waals surface area contributed by atoms with Gasteiger partial charge in [0.05, 0.1) is 23.1 Å². The summed E-state index contributed by atoms with van der Waals surface area (Å²) in [5.74, 6) is -0.687. The summed E-state index contributed by atoms with van der Waals surface area (Å²) in [5.41, 5.74) is 2.32. The normalized spacial score (nSPS) is 21.7. The number of fused-ring (bicyclic) bond motifs is 1. The number of aromatic amines is 1. The number of ether oxygens (including phenoxy) is 1. The molecular weight excluding hydrogens is 312 g/mol. The fraction of sp³-hybridized carbons (Fsp3) is 0.500. The van der Waals surface area contributed by atoms with Crippen molar-refractivity contribution in [1.82, 2.24) is 14.9 Å². The molecule has 0 unspecified atom stereocenters. The van der Waals surface area contributed by atoms with E-state index in [1.807, 2.05) is 0 Å². The largest absolute Gasteiger partial charge is 0.377 e. The van der Waals surface area contributed by atoms with Crippen LogP contribution in [0, 0.1) is 11.6 Å². The van der Waals surface area contributed by atoms with Gasteiger partial charge in [0.15, 0.2) is 0 Å². The Bertz CT molecular complexity index is 725. The summed E-state index contributed by atoms with van der Waals surface area (Å²) in [4.78, 5) is 10.1. The van der Waals surface area contributed by atoms with Crippen molar-refractivity contribution >= 4 is 0 Å². The highest BCUT2D eigenvalue weighted by Crippen LogP contribution is 2.26. The van der Waals surface area contributed by atoms with Gasteiger partial charge in [0, 0.05) is 38.7 Å². The van der Waals surface area contributed by atoms with Crippen LogP contribution in [0.4, 0.5) is 8.78 Å². The molecule has 0 saturated carbocycles. The molecule has 0 bridgehead atoms. The Balaban J connectivity index is 1.49. The van der Waals surface area contributed by atoms with Crippen LogP contribution in [0.2, 0.25) is 0 Å². The van der Waals surface area contributed by atoms with Crippen molar-refractivity contribution in [3.63, 3.8) is 0 Å². The summed E-state index contributed by atoms with van der Waals surface area (Å²) < 4.78 is 32.9. The van der Waals surface area contributed by atoms with Gasteiger partial charge in [-0.2, -0.15) is 0 Å². The first-order chi connectivity index (χ1) is 11.7. The average molecular weight is 333 g/mol. The summed E-state index contributed by atoms with van der Waals surface area (Å²) in [6.45, 7) is 3.49. The van der Waals surface area contributed by atoms with E-state index >= 15 is 0 Å². The number of H-pyrrole nitrogens is 1. The van der Waals surface area contributed by atoms with E-state index in [0.717, 1.165) is 63.0 Å². The molecule has 1 N–H and O–H groups in total. The van der Waals surface area contributed by atoms with Crippen LogP contribution >= 0.6 is 0 Å². The number of nitrogens with zero attached hydrogens (tertiary/aromatic N) is 2. The van der Waals surface area contributed by atoms with Crippen LogP contribution in [-0.4, -0.2) is 40.7 Å². The number of halogens is 2. The van der Waals surface area contributed by atoms with Gasteiger partial charge in [0.2, 0.25) is 0 Å². The maximum Gasteiger partial charge on any atom is 0.140 e. The summed E-state index contributed by atoms with van der Waals surface area (Å²) in [6, 6.07) is 3.58. The molecule has 1 aromatic heterocycles. The second-order valence-corrected chi connectivity index (χ2v) is 6.61. The lowest BCUT2D eigenvalue weighted by molar-refractivity contribution is -0.00826. The number of nitrogens with one attached hydrogen (secondary N) is 1. The molecule has 2 aliphatic heterocycles. The third-order valence-corrected chi connectivity index (χ3v) is 4.83. The van der Waals surface area contributed by atoms with Crippen LogP contribution in [-0.2, 0) is 17.7 Å². The third kappa shape index (κ3) is 3.21. The van der Waals surface area contributed by atoms with Crippen LogP contribution in [0.3, 0.4) is 0 Å². The zero-order chi connectivity index (χ0) is 16.5. The molecular formula is C18H21F2N3O.